The van der Waals surface area contributed by atoms with Crippen LogP contribution in [0.5, 0.6) is 0 Å². The maximum Gasteiger partial charge on any atom is 0.243 e. The summed E-state index contributed by atoms with van der Waals surface area (Å²) in [6.45, 7) is 6.26. The van der Waals surface area contributed by atoms with Crippen LogP contribution >= 0.6 is 0 Å². The molecule has 1 aromatic rings. The van der Waals surface area contributed by atoms with Gasteiger partial charge in [-0.25, -0.2) is 13.1 Å². The van der Waals surface area contributed by atoms with Gasteiger partial charge in [0.25, 0.3) is 0 Å². The summed E-state index contributed by atoms with van der Waals surface area (Å²) in [5, 5.41) is 9.69. The smallest absolute Gasteiger partial charge is 0.243 e. The minimum atomic E-state index is -3.43. The van der Waals surface area contributed by atoms with Crippen molar-refractivity contribution >= 4 is 10.0 Å². The predicted molar refractivity (Wildman–Crippen MR) is 68.7 cm³/mol. The summed E-state index contributed by atoms with van der Waals surface area (Å²) in [6, 6.07) is 0. The van der Waals surface area contributed by atoms with Gasteiger partial charge in [0, 0.05) is 6.54 Å². The predicted octanol–water partition coefficient (Wildman–Crippen LogP) is 0.242. The van der Waals surface area contributed by atoms with E-state index in [0.29, 0.717) is 24.1 Å². The van der Waals surface area contributed by atoms with E-state index in [4.69, 9.17) is 0 Å². The monoisotopic (exact) mass is 272 g/mol. The lowest BCUT2D eigenvalue weighted by molar-refractivity contribution is 0.274. The number of sulfonamides is 1. The van der Waals surface area contributed by atoms with Crippen LogP contribution in [0.25, 0.3) is 0 Å². The maximum atomic E-state index is 12.1. The van der Waals surface area contributed by atoms with Crippen LogP contribution in [-0.4, -0.2) is 38.2 Å². The summed E-state index contributed by atoms with van der Waals surface area (Å²) in [5.74, 6) is 0.889. The lowest BCUT2D eigenvalue weighted by Crippen LogP contribution is -2.41. The van der Waals surface area contributed by atoms with E-state index in [1.54, 1.807) is 6.92 Å². The van der Waals surface area contributed by atoms with Crippen LogP contribution in [0.2, 0.25) is 0 Å². The van der Waals surface area contributed by atoms with Crippen LogP contribution in [0.15, 0.2) is 11.1 Å². The van der Waals surface area contributed by atoms with Crippen LogP contribution in [0, 0.1) is 18.8 Å². The van der Waals surface area contributed by atoms with Crippen molar-refractivity contribution < 1.29 is 8.42 Å². The summed E-state index contributed by atoms with van der Waals surface area (Å²) < 4.78 is 26.8. The van der Waals surface area contributed by atoms with E-state index in [2.05, 4.69) is 27.2 Å². The largest absolute Gasteiger partial charge is 0.316 e. The lowest BCUT2D eigenvalue weighted by atomic mass is 9.88. The molecule has 2 rings (SSSR count). The van der Waals surface area contributed by atoms with Crippen LogP contribution in [0.1, 0.15) is 19.0 Å². The van der Waals surface area contributed by atoms with E-state index in [0.717, 1.165) is 19.5 Å². The van der Waals surface area contributed by atoms with E-state index in [1.807, 2.05) is 0 Å². The van der Waals surface area contributed by atoms with Crippen molar-refractivity contribution in [3.63, 3.8) is 0 Å². The Morgan fingerprint density at radius 1 is 1.56 bits per heavy atom. The summed E-state index contributed by atoms with van der Waals surface area (Å²) in [4.78, 5) is 0.240. The van der Waals surface area contributed by atoms with E-state index in [-0.39, 0.29) is 4.90 Å². The van der Waals surface area contributed by atoms with Gasteiger partial charge in [-0.05, 0) is 38.3 Å². The van der Waals surface area contributed by atoms with Gasteiger partial charge in [0.2, 0.25) is 10.0 Å². The molecular weight excluding hydrogens is 252 g/mol. The SMILES string of the molecule is Cc1[nH]ncc1S(=O)(=O)NCC1CCNCC1C. The summed E-state index contributed by atoms with van der Waals surface area (Å²) >= 11 is 0. The van der Waals surface area contributed by atoms with Gasteiger partial charge in [-0.2, -0.15) is 5.10 Å². The summed E-state index contributed by atoms with van der Waals surface area (Å²) in [6.07, 6.45) is 2.36. The first kappa shape index (κ1) is 13.5. The molecule has 0 saturated carbocycles. The van der Waals surface area contributed by atoms with Gasteiger partial charge >= 0.3 is 0 Å². The number of piperidine rings is 1. The Bertz CT molecular complexity index is 497. The first-order valence-corrected chi connectivity index (χ1v) is 7.69. The highest BCUT2D eigenvalue weighted by atomic mass is 32.2. The second kappa shape index (κ2) is 5.38. The van der Waals surface area contributed by atoms with Crippen molar-refractivity contribution in [3.8, 4) is 0 Å². The molecule has 0 radical (unpaired) electrons. The minimum Gasteiger partial charge on any atom is -0.316 e. The number of H-pyrrole nitrogens is 1. The van der Waals surface area contributed by atoms with Gasteiger partial charge in [-0.1, -0.05) is 6.92 Å². The molecule has 0 amide bonds. The minimum absolute atomic E-state index is 0.240. The molecule has 0 spiro atoms. The molecule has 7 heteroatoms. The third kappa shape index (κ3) is 2.90. The fraction of sp³-hybridized carbons (Fsp3) is 0.727. The Labute approximate surface area is 108 Å². The van der Waals surface area contributed by atoms with Gasteiger partial charge in [0.15, 0.2) is 0 Å². The summed E-state index contributed by atoms with van der Waals surface area (Å²) in [7, 11) is -3.43. The van der Waals surface area contributed by atoms with Gasteiger partial charge in [-0.3, -0.25) is 5.10 Å². The van der Waals surface area contributed by atoms with Crippen molar-refractivity contribution in [2.75, 3.05) is 19.6 Å². The lowest BCUT2D eigenvalue weighted by Gasteiger charge is -2.29. The van der Waals surface area contributed by atoms with Gasteiger partial charge in [-0.15, -0.1) is 0 Å². The van der Waals surface area contributed by atoms with E-state index >= 15 is 0 Å². The van der Waals surface area contributed by atoms with Gasteiger partial charge in [0.1, 0.15) is 4.90 Å². The fourth-order valence-electron chi connectivity index (χ4n) is 2.28. The van der Waals surface area contributed by atoms with Crippen LogP contribution in [-0.2, 0) is 10.0 Å². The number of hydrogen-bond donors (Lipinski definition) is 3. The Hall–Kier alpha value is -0.920. The third-order valence-corrected chi connectivity index (χ3v) is 5.11. The molecule has 2 heterocycles. The quantitative estimate of drug-likeness (QED) is 0.733. The number of aromatic amines is 1. The Balaban J connectivity index is 1.99. The highest BCUT2D eigenvalue weighted by Gasteiger charge is 2.24. The molecule has 1 aromatic heterocycles. The topological polar surface area (TPSA) is 86.9 Å². The molecule has 0 aromatic carbocycles. The molecule has 2 atom stereocenters. The zero-order valence-corrected chi connectivity index (χ0v) is 11.5. The average molecular weight is 272 g/mol. The third-order valence-electron chi connectivity index (χ3n) is 3.57. The fourth-order valence-corrected chi connectivity index (χ4v) is 3.51. The van der Waals surface area contributed by atoms with Crippen LogP contribution in [0.4, 0.5) is 0 Å². The number of aromatic nitrogens is 2. The molecule has 1 saturated heterocycles. The maximum absolute atomic E-state index is 12.1. The number of aryl methyl sites for hydroxylation is 1. The molecule has 2 unspecified atom stereocenters. The zero-order chi connectivity index (χ0) is 13.2. The standard InChI is InChI=1S/C11H20N4O2S/c1-8-5-12-4-3-10(8)6-14-18(16,17)11-7-13-15-9(11)2/h7-8,10,12,14H,3-6H2,1-2H3,(H,13,15). The Kier molecular flexibility index (Phi) is 4.04. The summed E-state index contributed by atoms with van der Waals surface area (Å²) in [5.41, 5.74) is 0.570. The Morgan fingerprint density at radius 2 is 2.33 bits per heavy atom. The van der Waals surface area contributed by atoms with Crippen molar-refractivity contribution in [1.82, 2.24) is 20.2 Å². The van der Waals surface area contributed by atoms with Crippen LogP contribution in [0.3, 0.4) is 0 Å². The number of rotatable bonds is 4. The van der Waals surface area contributed by atoms with Crippen molar-refractivity contribution in [3.05, 3.63) is 11.9 Å². The van der Waals surface area contributed by atoms with Gasteiger partial charge < -0.3 is 5.32 Å². The molecule has 102 valence electrons. The Morgan fingerprint density at radius 3 is 2.94 bits per heavy atom. The van der Waals surface area contributed by atoms with E-state index in [1.165, 1.54) is 6.20 Å². The molecule has 18 heavy (non-hydrogen) atoms. The molecule has 0 aliphatic carbocycles. The van der Waals surface area contributed by atoms with Crippen LogP contribution < -0.4 is 10.0 Å². The van der Waals surface area contributed by atoms with Crippen molar-refractivity contribution in [1.29, 1.82) is 0 Å². The first-order chi connectivity index (χ1) is 8.50. The first-order valence-electron chi connectivity index (χ1n) is 6.21. The molecule has 1 aliphatic rings. The normalized spacial score (nSPS) is 25.2. The van der Waals surface area contributed by atoms with Gasteiger partial charge in [0.05, 0.1) is 11.9 Å². The second-order valence-corrected chi connectivity index (χ2v) is 6.68. The zero-order valence-electron chi connectivity index (χ0n) is 10.7. The van der Waals surface area contributed by atoms with Crippen molar-refractivity contribution in [2.45, 2.75) is 25.2 Å². The van der Waals surface area contributed by atoms with Crippen molar-refractivity contribution in [2.24, 2.45) is 11.8 Å². The number of nitrogens with one attached hydrogen (secondary N) is 3. The molecule has 0 bridgehead atoms. The molecule has 1 fully saturated rings. The highest BCUT2D eigenvalue weighted by molar-refractivity contribution is 7.89. The second-order valence-electron chi connectivity index (χ2n) is 4.94. The average Bonchev–Trinajstić information content (AvgIpc) is 2.75. The van der Waals surface area contributed by atoms with E-state index < -0.39 is 10.0 Å². The number of hydrogen-bond acceptors (Lipinski definition) is 4. The number of nitrogens with zero attached hydrogens (tertiary/aromatic N) is 1. The molecule has 3 N–H and O–H groups in total. The molecule has 6 nitrogen and oxygen atoms in total. The highest BCUT2D eigenvalue weighted by Crippen LogP contribution is 2.19. The van der Waals surface area contributed by atoms with E-state index in [9.17, 15) is 8.42 Å². The molecule has 1 aliphatic heterocycles. The molecular formula is C11H20N4O2S.